The number of carbonyl (C=O) groups excluding carboxylic acids is 1. The molecule has 4 heteroatoms. The number of rotatable bonds is 6. The van der Waals surface area contributed by atoms with Crippen molar-refractivity contribution in [2.45, 2.75) is 46.6 Å². The van der Waals surface area contributed by atoms with Gasteiger partial charge in [-0.15, -0.1) is 0 Å². The van der Waals surface area contributed by atoms with E-state index in [2.05, 4.69) is 52.5 Å². The second kappa shape index (κ2) is 10.0. The Bertz CT molecular complexity index is 840. The first-order chi connectivity index (χ1) is 14.3. The molecule has 0 bridgehead atoms. The summed E-state index contributed by atoms with van der Waals surface area (Å²) in [7, 11) is 0. The summed E-state index contributed by atoms with van der Waals surface area (Å²) in [5.74, 6) is 0.430. The Morgan fingerprint density at radius 2 is 1.93 bits per heavy atom. The Balaban J connectivity index is 1.72. The standard InChI is InChI=1S/C26H35N3O/c1-20(17-21-11-6-5-7-12-21)18-29-16-10-13-22(19-29)24(23-14-8-9-15-27-23)28-25(30)26(2,3)4/h5-9,11-12,14-15,17,22,24H,10,13,16,18-19H2,1-4H3,(H,28,30)/b20-17+/t22-,24+/m1/s1. The molecule has 1 aliphatic heterocycles. The highest BCUT2D eigenvalue weighted by molar-refractivity contribution is 5.81. The van der Waals surface area contributed by atoms with Gasteiger partial charge in [-0.3, -0.25) is 14.7 Å². The fraction of sp³-hybridized carbons (Fsp3) is 0.462. The lowest BCUT2D eigenvalue weighted by molar-refractivity contribution is -0.129. The van der Waals surface area contributed by atoms with Crippen molar-refractivity contribution in [1.29, 1.82) is 0 Å². The minimum Gasteiger partial charge on any atom is -0.347 e. The van der Waals surface area contributed by atoms with Gasteiger partial charge in [-0.05, 0) is 49.9 Å². The van der Waals surface area contributed by atoms with Gasteiger partial charge in [0.15, 0.2) is 0 Å². The van der Waals surface area contributed by atoms with Crippen molar-refractivity contribution in [3.05, 3.63) is 71.6 Å². The van der Waals surface area contributed by atoms with Crippen LogP contribution in [0.25, 0.3) is 6.08 Å². The molecule has 30 heavy (non-hydrogen) atoms. The Labute approximate surface area is 181 Å². The number of likely N-dealkylation sites (tertiary alicyclic amines) is 1. The van der Waals surface area contributed by atoms with Gasteiger partial charge in [-0.1, -0.05) is 68.8 Å². The lowest BCUT2D eigenvalue weighted by atomic mass is 9.86. The number of amides is 1. The van der Waals surface area contributed by atoms with Crippen LogP contribution in [0.15, 0.2) is 60.3 Å². The zero-order chi connectivity index (χ0) is 21.6. The number of pyridine rings is 1. The van der Waals surface area contributed by atoms with E-state index in [1.54, 1.807) is 0 Å². The molecule has 2 aromatic rings. The maximum atomic E-state index is 12.8. The predicted molar refractivity (Wildman–Crippen MR) is 124 cm³/mol. The van der Waals surface area contributed by atoms with Crippen molar-refractivity contribution in [3.63, 3.8) is 0 Å². The second-order valence-corrected chi connectivity index (χ2v) is 9.49. The van der Waals surface area contributed by atoms with Crippen LogP contribution in [-0.4, -0.2) is 35.4 Å². The topological polar surface area (TPSA) is 45.2 Å². The van der Waals surface area contributed by atoms with Gasteiger partial charge in [0.2, 0.25) is 5.91 Å². The molecule has 0 aliphatic carbocycles. The smallest absolute Gasteiger partial charge is 0.225 e. The molecule has 4 nitrogen and oxygen atoms in total. The quantitative estimate of drug-likeness (QED) is 0.727. The second-order valence-electron chi connectivity index (χ2n) is 9.49. The summed E-state index contributed by atoms with van der Waals surface area (Å²) in [6.07, 6.45) is 6.32. The summed E-state index contributed by atoms with van der Waals surface area (Å²) >= 11 is 0. The van der Waals surface area contributed by atoms with Crippen LogP contribution in [0.4, 0.5) is 0 Å². The van der Waals surface area contributed by atoms with Gasteiger partial charge < -0.3 is 5.32 Å². The SMILES string of the molecule is C/C(=C\c1ccccc1)CN1CCC[C@@H]([C@H](NC(=O)C(C)(C)C)c2ccccn2)C1. The van der Waals surface area contributed by atoms with Crippen LogP contribution in [0.3, 0.4) is 0 Å². The van der Waals surface area contributed by atoms with Crippen LogP contribution < -0.4 is 5.32 Å². The lowest BCUT2D eigenvalue weighted by Gasteiger charge is -2.38. The molecule has 0 spiro atoms. The molecule has 0 radical (unpaired) electrons. The van der Waals surface area contributed by atoms with Crippen molar-refractivity contribution >= 4 is 12.0 Å². The van der Waals surface area contributed by atoms with E-state index in [0.717, 1.165) is 38.2 Å². The van der Waals surface area contributed by atoms with E-state index >= 15 is 0 Å². The van der Waals surface area contributed by atoms with Gasteiger partial charge in [-0.25, -0.2) is 0 Å². The van der Waals surface area contributed by atoms with E-state index in [9.17, 15) is 4.79 Å². The number of aromatic nitrogens is 1. The van der Waals surface area contributed by atoms with Crippen molar-refractivity contribution in [1.82, 2.24) is 15.2 Å². The minimum atomic E-state index is -0.420. The van der Waals surface area contributed by atoms with Gasteiger partial charge in [0.1, 0.15) is 0 Å². The number of nitrogens with one attached hydrogen (secondary N) is 1. The van der Waals surface area contributed by atoms with Gasteiger partial charge in [0.05, 0.1) is 11.7 Å². The fourth-order valence-corrected chi connectivity index (χ4v) is 4.09. The van der Waals surface area contributed by atoms with Gasteiger partial charge in [0, 0.05) is 24.7 Å². The molecule has 3 rings (SSSR count). The molecule has 1 aromatic carbocycles. The number of benzene rings is 1. The third kappa shape index (κ3) is 6.27. The van der Waals surface area contributed by atoms with Gasteiger partial charge >= 0.3 is 0 Å². The average Bonchev–Trinajstić information content (AvgIpc) is 2.72. The number of nitrogens with zero attached hydrogens (tertiary/aromatic N) is 2. The number of piperidine rings is 1. The highest BCUT2D eigenvalue weighted by atomic mass is 16.2. The minimum absolute atomic E-state index is 0.0564. The maximum absolute atomic E-state index is 12.8. The first-order valence-electron chi connectivity index (χ1n) is 11.0. The first-order valence-corrected chi connectivity index (χ1v) is 11.0. The monoisotopic (exact) mass is 405 g/mol. The third-order valence-corrected chi connectivity index (χ3v) is 5.67. The molecule has 2 atom stereocenters. The van der Waals surface area contributed by atoms with Crippen LogP contribution in [0.2, 0.25) is 0 Å². The number of carbonyl (C=O) groups is 1. The van der Waals surface area contributed by atoms with Crippen LogP contribution >= 0.6 is 0 Å². The molecule has 2 heterocycles. The summed E-state index contributed by atoms with van der Waals surface area (Å²) in [5.41, 5.74) is 3.14. The summed E-state index contributed by atoms with van der Waals surface area (Å²) in [6.45, 7) is 11.1. The maximum Gasteiger partial charge on any atom is 0.225 e. The fourth-order valence-electron chi connectivity index (χ4n) is 4.09. The van der Waals surface area contributed by atoms with E-state index in [0.29, 0.717) is 5.92 Å². The van der Waals surface area contributed by atoms with Gasteiger partial charge in [0.25, 0.3) is 0 Å². The van der Waals surface area contributed by atoms with Crippen LogP contribution in [0.1, 0.15) is 57.8 Å². The first kappa shape index (κ1) is 22.2. The Hall–Kier alpha value is -2.46. The zero-order valence-corrected chi connectivity index (χ0v) is 18.8. The highest BCUT2D eigenvalue weighted by Crippen LogP contribution is 2.30. The normalized spacial score (nSPS) is 19.3. The van der Waals surface area contributed by atoms with Crippen molar-refractivity contribution < 1.29 is 4.79 Å². The van der Waals surface area contributed by atoms with E-state index in [4.69, 9.17) is 0 Å². The van der Waals surface area contributed by atoms with Crippen molar-refractivity contribution in [2.75, 3.05) is 19.6 Å². The number of hydrogen-bond donors (Lipinski definition) is 1. The molecule has 1 aliphatic rings. The molecule has 1 saturated heterocycles. The van der Waals surface area contributed by atoms with Gasteiger partial charge in [-0.2, -0.15) is 0 Å². The molecule has 1 amide bonds. The van der Waals surface area contributed by atoms with Crippen molar-refractivity contribution in [2.24, 2.45) is 11.3 Å². The average molecular weight is 406 g/mol. The summed E-state index contributed by atoms with van der Waals surface area (Å²) in [4.78, 5) is 19.9. The number of hydrogen-bond acceptors (Lipinski definition) is 3. The molecular formula is C26H35N3O. The molecule has 160 valence electrons. The summed E-state index contributed by atoms with van der Waals surface area (Å²) in [5, 5.41) is 3.31. The Morgan fingerprint density at radius 1 is 1.20 bits per heavy atom. The van der Waals surface area contributed by atoms with Crippen LogP contribution in [-0.2, 0) is 4.79 Å². The zero-order valence-electron chi connectivity index (χ0n) is 18.8. The van der Waals surface area contributed by atoms with Crippen LogP contribution in [0, 0.1) is 11.3 Å². The molecule has 1 N–H and O–H groups in total. The third-order valence-electron chi connectivity index (χ3n) is 5.67. The van der Waals surface area contributed by atoms with E-state index in [1.165, 1.54) is 11.1 Å². The highest BCUT2D eigenvalue weighted by Gasteiger charge is 2.33. The van der Waals surface area contributed by atoms with E-state index in [-0.39, 0.29) is 11.9 Å². The molecule has 0 saturated carbocycles. The Morgan fingerprint density at radius 3 is 2.60 bits per heavy atom. The predicted octanol–water partition coefficient (Wildman–Crippen LogP) is 5.10. The summed E-state index contributed by atoms with van der Waals surface area (Å²) < 4.78 is 0. The molecule has 0 unspecified atom stereocenters. The Kier molecular flexibility index (Phi) is 7.43. The lowest BCUT2D eigenvalue weighted by Crippen LogP contribution is -2.46. The molecular weight excluding hydrogens is 370 g/mol. The largest absolute Gasteiger partial charge is 0.347 e. The molecule has 1 aromatic heterocycles. The van der Waals surface area contributed by atoms with E-state index in [1.807, 2.05) is 51.2 Å². The van der Waals surface area contributed by atoms with Crippen molar-refractivity contribution in [3.8, 4) is 0 Å². The summed E-state index contributed by atoms with van der Waals surface area (Å²) in [6, 6.07) is 16.4. The van der Waals surface area contributed by atoms with E-state index < -0.39 is 5.41 Å². The molecule has 1 fully saturated rings. The van der Waals surface area contributed by atoms with Crippen LogP contribution in [0.5, 0.6) is 0 Å².